The lowest BCUT2D eigenvalue weighted by Gasteiger charge is -2.33. The number of hydrogen-bond donors (Lipinski definition) is 0. The van der Waals surface area contributed by atoms with Gasteiger partial charge in [-0.25, -0.2) is 0 Å². The normalized spacial score (nSPS) is 21.9. The molecule has 0 N–H and O–H groups in total. The number of nitrogens with zero attached hydrogens (tertiary/aromatic N) is 2. The first kappa shape index (κ1) is 18.3. The minimum atomic E-state index is -0.235. The van der Waals surface area contributed by atoms with Gasteiger partial charge in [0.05, 0.1) is 27.0 Å². The van der Waals surface area contributed by atoms with Crippen molar-refractivity contribution in [2.75, 3.05) is 0 Å². The third kappa shape index (κ3) is 2.43. The van der Waals surface area contributed by atoms with Gasteiger partial charge < -0.3 is 0 Å². The summed E-state index contributed by atoms with van der Waals surface area (Å²) in [6.07, 6.45) is 7.76. The molecule has 1 unspecified atom stereocenters. The van der Waals surface area contributed by atoms with E-state index in [4.69, 9.17) is 11.6 Å². The molecule has 0 radical (unpaired) electrons. The zero-order chi connectivity index (χ0) is 20.5. The van der Waals surface area contributed by atoms with Crippen LogP contribution < -0.4 is 5.56 Å². The summed E-state index contributed by atoms with van der Waals surface area (Å²) in [6.45, 7) is 0. The van der Waals surface area contributed by atoms with E-state index in [9.17, 15) is 9.59 Å². The summed E-state index contributed by atoms with van der Waals surface area (Å²) in [5.74, 6) is 1.51. The quantitative estimate of drug-likeness (QED) is 0.528. The van der Waals surface area contributed by atoms with Gasteiger partial charge in [-0.3, -0.25) is 14.2 Å². The Hall–Kier alpha value is -2.46. The van der Waals surface area contributed by atoms with Crippen LogP contribution in [0.25, 0.3) is 16.6 Å². The molecule has 6 rings (SSSR count). The average Bonchev–Trinajstić information content (AvgIpc) is 3.29. The molecule has 1 atom stereocenters. The number of ketones is 1. The van der Waals surface area contributed by atoms with Crippen molar-refractivity contribution in [3.8, 4) is 5.69 Å². The van der Waals surface area contributed by atoms with Crippen LogP contribution in [0.4, 0.5) is 0 Å². The second-order valence-electron chi connectivity index (χ2n) is 9.11. The summed E-state index contributed by atoms with van der Waals surface area (Å²) < 4.78 is 2.18. The molecule has 0 bridgehead atoms. The largest absolute Gasteiger partial charge is 0.300 e. The maximum Gasteiger partial charge on any atom is 0.282 e. The number of aromatic nitrogens is 2. The minimum Gasteiger partial charge on any atom is -0.300 e. The Balaban J connectivity index is 1.67. The van der Waals surface area contributed by atoms with Gasteiger partial charge in [0.25, 0.3) is 5.56 Å². The summed E-state index contributed by atoms with van der Waals surface area (Å²) in [4.78, 5) is 29.5. The van der Waals surface area contributed by atoms with E-state index >= 15 is 0 Å². The van der Waals surface area contributed by atoms with E-state index in [-0.39, 0.29) is 16.9 Å². The number of carbonyl (C=O) groups is 1. The zero-order valence-electron chi connectivity index (χ0n) is 16.8. The fourth-order valence-corrected chi connectivity index (χ4v) is 6.30. The van der Waals surface area contributed by atoms with E-state index in [1.54, 1.807) is 6.07 Å². The van der Waals surface area contributed by atoms with Gasteiger partial charge in [-0.2, -0.15) is 4.98 Å². The third-order valence-corrected chi connectivity index (χ3v) is 7.81. The molecule has 2 heterocycles. The lowest BCUT2D eigenvalue weighted by Crippen LogP contribution is -2.32. The number of fused-ring (bicyclic) bond motifs is 7. The first-order chi connectivity index (χ1) is 14.6. The highest BCUT2D eigenvalue weighted by Gasteiger charge is 2.46. The number of hydrogen-bond acceptors (Lipinski definition) is 3. The Morgan fingerprint density at radius 2 is 1.90 bits per heavy atom. The standard InChI is InChI=1S/C25H23ClN2O2/c26-19-5-4-6-20-22(19)23(30)27-24-25(11-2-1-3-12-25)18-10-8-16(14-21(18)28(20)24)15-7-9-17(29)13-15/h4-6,8,10,14-15H,1-3,7,9,11-13H2. The second kappa shape index (κ2) is 6.52. The number of Topliss-reactive ketones (excluding diaryl/α,β-unsaturated/α-hetero) is 1. The maximum absolute atomic E-state index is 13.0. The Kier molecular flexibility index (Phi) is 3.98. The van der Waals surface area contributed by atoms with Gasteiger partial charge in [0.15, 0.2) is 0 Å². The molecule has 0 amide bonds. The van der Waals surface area contributed by atoms with Crippen molar-refractivity contribution in [1.82, 2.24) is 9.55 Å². The SMILES string of the molecule is O=C1CCC(c2ccc3c(c2)-n2c(nc(=O)c4c(Cl)cccc42)C32CCCCC2)C1. The smallest absolute Gasteiger partial charge is 0.282 e. The van der Waals surface area contributed by atoms with E-state index in [0.29, 0.717) is 29.0 Å². The molecule has 3 aliphatic rings. The number of rotatable bonds is 1. The predicted molar refractivity (Wildman–Crippen MR) is 118 cm³/mol. The van der Waals surface area contributed by atoms with Crippen LogP contribution in [0.3, 0.4) is 0 Å². The molecular formula is C25H23ClN2O2. The second-order valence-corrected chi connectivity index (χ2v) is 9.51. The van der Waals surface area contributed by atoms with Gasteiger partial charge in [0.1, 0.15) is 11.6 Å². The Bertz CT molecular complexity index is 1270. The summed E-state index contributed by atoms with van der Waals surface area (Å²) in [5.41, 5.74) is 4.00. The van der Waals surface area contributed by atoms with Crippen molar-refractivity contribution < 1.29 is 4.79 Å². The molecule has 0 saturated heterocycles. The molecule has 1 aliphatic heterocycles. The fourth-order valence-electron chi connectivity index (χ4n) is 6.05. The molecular weight excluding hydrogens is 396 g/mol. The van der Waals surface area contributed by atoms with Crippen molar-refractivity contribution in [1.29, 1.82) is 0 Å². The zero-order valence-corrected chi connectivity index (χ0v) is 17.5. The van der Waals surface area contributed by atoms with Gasteiger partial charge >= 0.3 is 0 Å². The molecule has 1 aromatic heterocycles. The molecule has 4 nitrogen and oxygen atoms in total. The highest BCUT2D eigenvalue weighted by atomic mass is 35.5. The third-order valence-electron chi connectivity index (χ3n) is 7.50. The van der Waals surface area contributed by atoms with Gasteiger partial charge in [-0.05, 0) is 54.5 Å². The van der Waals surface area contributed by atoms with Crippen LogP contribution in [0.15, 0.2) is 41.2 Å². The predicted octanol–water partition coefficient (Wildman–Crippen LogP) is 5.44. The highest BCUT2D eigenvalue weighted by Crippen LogP contribution is 2.52. The molecule has 152 valence electrons. The summed E-state index contributed by atoms with van der Waals surface area (Å²) >= 11 is 6.43. The van der Waals surface area contributed by atoms with E-state index in [0.717, 1.165) is 49.1 Å². The van der Waals surface area contributed by atoms with E-state index in [2.05, 4.69) is 27.8 Å². The summed E-state index contributed by atoms with van der Waals surface area (Å²) in [7, 11) is 0. The number of halogens is 1. The Morgan fingerprint density at radius 3 is 2.67 bits per heavy atom. The molecule has 2 aromatic carbocycles. The van der Waals surface area contributed by atoms with E-state index in [1.165, 1.54) is 17.5 Å². The van der Waals surface area contributed by atoms with Crippen molar-refractivity contribution in [2.24, 2.45) is 0 Å². The molecule has 1 spiro atoms. The van der Waals surface area contributed by atoms with Crippen LogP contribution in [0.5, 0.6) is 0 Å². The maximum atomic E-state index is 13.0. The van der Waals surface area contributed by atoms with Crippen LogP contribution in [-0.2, 0) is 10.2 Å². The van der Waals surface area contributed by atoms with Crippen LogP contribution in [0.1, 0.15) is 74.2 Å². The molecule has 30 heavy (non-hydrogen) atoms. The Labute approximate surface area is 179 Å². The lowest BCUT2D eigenvalue weighted by atomic mass is 9.69. The summed E-state index contributed by atoms with van der Waals surface area (Å²) in [5, 5.41) is 0.937. The van der Waals surface area contributed by atoms with Gasteiger partial charge in [-0.1, -0.05) is 49.1 Å². The first-order valence-corrected chi connectivity index (χ1v) is 11.3. The number of carbonyl (C=O) groups excluding carboxylic acids is 1. The van der Waals surface area contributed by atoms with Crippen LogP contribution in [0.2, 0.25) is 5.02 Å². The van der Waals surface area contributed by atoms with Crippen LogP contribution >= 0.6 is 11.6 Å². The van der Waals surface area contributed by atoms with Crippen molar-refractivity contribution in [2.45, 2.75) is 62.7 Å². The van der Waals surface area contributed by atoms with Gasteiger partial charge in [0, 0.05) is 12.8 Å². The van der Waals surface area contributed by atoms with Crippen molar-refractivity contribution >= 4 is 28.3 Å². The Morgan fingerprint density at radius 1 is 1.07 bits per heavy atom. The van der Waals surface area contributed by atoms with E-state index in [1.807, 2.05) is 12.1 Å². The monoisotopic (exact) mass is 418 g/mol. The van der Waals surface area contributed by atoms with Crippen molar-refractivity contribution in [3.05, 3.63) is 68.7 Å². The lowest BCUT2D eigenvalue weighted by molar-refractivity contribution is -0.117. The van der Waals surface area contributed by atoms with Gasteiger partial charge in [0.2, 0.25) is 0 Å². The molecule has 5 heteroatoms. The van der Waals surface area contributed by atoms with Crippen LogP contribution in [-0.4, -0.2) is 15.3 Å². The topological polar surface area (TPSA) is 52.0 Å². The van der Waals surface area contributed by atoms with E-state index < -0.39 is 0 Å². The molecule has 2 saturated carbocycles. The summed E-state index contributed by atoms with van der Waals surface area (Å²) in [6, 6.07) is 12.3. The van der Waals surface area contributed by atoms with Crippen molar-refractivity contribution in [3.63, 3.8) is 0 Å². The average molecular weight is 419 g/mol. The van der Waals surface area contributed by atoms with Gasteiger partial charge in [-0.15, -0.1) is 0 Å². The molecule has 2 fully saturated rings. The number of benzene rings is 2. The fraction of sp³-hybridized carbons (Fsp3) is 0.400. The molecule has 2 aliphatic carbocycles. The molecule has 3 aromatic rings. The van der Waals surface area contributed by atoms with Crippen LogP contribution in [0, 0.1) is 0 Å². The highest BCUT2D eigenvalue weighted by molar-refractivity contribution is 6.35. The minimum absolute atomic E-state index is 0.201. The first-order valence-electron chi connectivity index (χ1n) is 11.0.